The predicted octanol–water partition coefficient (Wildman–Crippen LogP) is 2.66. The normalized spacial score (nSPS) is 21.7. The first kappa shape index (κ1) is 17.1. The fraction of sp³-hybridized carbons (Fsp3) is 0.412. The van der Waals surface area contributed by atoms with Crippen LogP contribution in [-0.4, -0.2) is 44.5 Å². The molecule has 1 aliphatic heterocycles. The number of aliphatic hydroxyl groups is 1. The number of aromatic nitrogens is 2. The minimum atomic E-state index is -0.523. The largest absolute Gasteiger partial charge is 0.393 e. The minimum Gasteiger partial charge on any atom is -0.393 e. The van der Waals surface area contributed by atoms with Gasteiger partial charge in [0.2, 0.25) is 0 Å². The van der Waals surface area contributed by atoms with E-state index in [0.29, 0.717) is 25.3 Å². The lowest BCUT2D eigenvalue weighted by Gasteiger charge is -2.31. The minimum absolute atomic E-state index is 0.0312. The Kier molecular flexibility index (Phi) is 4.46. The number of nitrogens with zero attached hydrogens (tertiary/aromatic N) is 3. The molecule has 1 fully saturated rings. The zero-order chi connectivity index (χ0) is 18.3. The van der Waals surface area contributed by atoms with Gasteiger partial charge in [-0.05, 0) is 31.0 Å². The Hall–Kier alpha value is -2.32. The van der Waals surface area contributed by atoms with Crippen LogP contribution in [0.1, 0.15) is 18.5 Å². The third-order valence-electron chi connectivity index (χ3n) is 4.72. The van der Waals surface area contributed by atoms with Crippen LogP contribution in [0, 0.1) is 5.82 Å². The molecule has 0 saturated heterocycles. The molecule has 0 spiro atoms. The number of urea groups is 1. The van der Waals surface area contributed by atoms with E-state index in [1.54, 1.807) is 4.90 Å². The number of anilines is 2. The molecule has 0 radical (unpaired) electrons. The molecular weight excluding hydrogens is 361 g/mol. The zero-order valence-corrected chi connectivity index (χ0v) is 14.7. The van der Waals surface area contributed by atoms with Crippen LogP contribution >= 0.6 is 11.6 Å². The molecule has 138 valence electrons. The molecule has 26 heavy (non-hydrogen) atoms. The fourth-order valence-electron chi connectivity index (χ4n) is 3.20. The number of amides is 2. The number of carbonyl (C=O) groups is 1. The molecule has 2 aliphatic rings. The molecule has 2 heterocycles. The lowest BCUT2D eigenvalue weighted by atomic mass is 9.89. The summed E-state index contributed by atoms with van der Waals surface area (Å²) in [6.07, 6.45) is 1.25. The lowest BCUT2D eigenvalue weighted by Crippen LogP contribution is -2.40. The molecule has 0 atom stereocenters. The molecule has 1 aromatic heterocycles. The van der Waals surface area contributed by atoms with Gasteiger partial charge in [0.25, 0.3) is 0 Å². The second-order valence-electron chi connectivity index (χ2n) is 6.69. The summed E-state index contributed by atoms with van der Waals surface area (Å²) in [5.41, 5.74) is 1.39. The van der Waals surface area contributed by atoms with Crippen LogP contribution < -0.4 is 10.6 Å². The van der Waals surface area contributed by atoms with Crippen LogP contribution in [0.15, 0.2) is 24.3 Å². The molecule has 9 heteroatoms. The van der Waals surface area contributed by atoms with Crippen LogP contribution in [-0.2, 0) is 13.1 Å². The number of benzene rings is 1. The van der Waals surface area contributed by atoms with Gasteiger partial charge in [0.15, 0.2) is 0 Å². The molecular formula is C17H19ClFN5O2. The molecule has 3 N–H and O–H groups in total. The van der Waals surface area contributed by atoms with Crippen LogP contribution in [0.4, 0.5) is 20.7 Å². The SMILES string of the molecule is O=C(Nc1ccc(F)c(Cl)c1)N1CCn2nc(N[C@H]3C[C@H](O)C3)cc2C1. The van der Waals surface area contributed by atoms with Crippen molar-refractivity contribution in [2.45, 2.75) is 38.1 Å². The summed E-state index contributed by atoms with van der Waals surface area (Å²) >= 11 is 5.75. The highest BCUT2D eigenvalue weighted by Gasteiger charge is 2.28. The summed E-state index contributed by atoms with van der Waals surface area (Å²) in [5.74, 6) is 0.245. The number of fused-ring (bicyclic) bond motifs is 1. The van der Waals surface area contributed by atoms with Gasteiger partial charge in [-0.1, -0.05) is 11.6 Å². The molecule has 0 bridgehead atoms. The average molecular weight is 380 g/mol. The summed E-state index contributed by atoms with van der Waals surface area (Å²) in [7, 11) is 0. The summed E-state index contributed by atoms with van der Waals surface area (Å²) in [4.78, 5) is 14.1. The second kappa shape index (κ2) is 6.77. The van der Waals surface area contributed by atoms with Crippen molar-refractivity contribution in [3.05, 3.63) is 40.8 Å². The van der Waals surface area contributed by atoms with E-state index < -0.39 is 5.82 Å². The van der Waals surface area contributed by atoms with Crippen molar-refractivity contribution in [2.75, 3.05) is 17.2 Å². The van der Waals surface area contributed by atoms with Crippen molar-refractivity contribution in [2.24, 2.45) is 0 Å². The smallest absolute Gasteiger partial charge is 0.322 e. The highest BCUT2D eigenvalue weighted by Crippen LogP contribution is 2.25. The van der Waals surface area contributed by atoms with Crippen molar-refractivity contribution in [3.8, 4) is 0 Å². The first-order valence-corrected chi connectivity index (χ1v) is 8.88. The number of hydrogen-bond donors (Lipinski definition) is 3. The van der Waals surface area contributed by atoms with Crippen LogP contribution in [0.25, 0.3) is 0 Å². The van der Waals surface area contributed by atoms with Crippen LogP contribution in [0.5, 0.6) is 0 Å². The van der Waals surface area contributed by atoms with Gasteiger partial charge in [-0.2, -0.15) is 5.10 Å². The van der Waals surface area contributed by atoms with Gasteiger partial charge >= 0.3 is 6.03 Å². The monoisotopic (exact) mass is 379 g/mol. The van der Waals surface area contributed by atoms with E-state index in [1.165, 1.54) is 18.2 Å². The van der Waals surface area contributed by atoms with Gasteiger partial charge in [-0.25, -0.2) is 9.18 Å². The Morgan fingerprint density at radius 3 is 2.85 bits per heavy atom. The van der Waals surface area contributed by atoms with Crippen molar-refractivity contribution < 1.29 is 14.3 Å². The molecule has 4 rings (SSSR count). The average Bonchev–Trinajstić information content (AvgIpc) is 2.98. The van der Waals surface area contributed by atoms with Gasteiger partial charge < -0.3 is 20.6 Å². The van der Waals surface area contributed by atoms with E-state index in [2.05, 4.69) is 15.7 Å². The predicted molar refractivity (Wildman–Crippen MR) is 95.7 cm³/mol. The van der Waals surface area contributed by atoms with Gasteiger partial charge in [-0.15, -0.1) is 0 Å². The Morgan fingerprint density at radius 2 is 2.12 bits per heavy atom. The molecule has 2 amide bonds. The number of carbonyl (C=O) groups excluding carboxylic acids is 1. The number of rotatable bonds is 3. The number of aliphatic hydroxyl groups excluding tert-OH is 1. The quantitative estimate of drug-likeness (QED) is 0.765. The number of hydrogen-bond acceptors (Lipinski definition) is 4. The first-order valence-electron chi connectivity index (χ1n) is 8.50. The highest BCUT2D eigenvalue weighted by atomic mass is 35.5. The van der Waals surface area contributed by atoms with E-state index in [-0.39, 0.29) is 23.2 Å². The van der Waals surface area contributed by atoms with Gasteiger partial charge in [0, 0.05) is 24.3 Å². The van der Waals surface area contributed by atoms with E-state index >= 15 is 0 Å². The van der Waals surface area contributed by atoms with Crippen molar-refractivity contribution >= 4 is 29.1 Å². The highest BCUT2D eigenvalue weighted by molar-refractivity contribution is 6.31. The Morgan fingerprint density at radius 1 is 1.31 bits per heavy atom. The Labute approximate surface area is 154 Å². The maximum Gasteiger partial charge on any atom is 0.322 e. The lowest BCUT2D eigenvalue weighted by molar-refractivity contribution is 0.0835. The van der Waals surface area contributed by atoms with Gasteiger partial charge in [-0.3, -0.25) is 4.68 Å². The van der Waals surface area contributed by atoms with Gasteiger partial charge in [0.05, 0.1) is 29.9 Å². The third kappa shape index (κ3) is 3.47. The third-order valence-corrected chi connectivity index (χ3v) is 5.01. The Bertz CT molecular complexity index is 837. The van der Waals surface area contributed by atoms with Crippen LogP contribution in [0.3, 0.4) is 0 Å². The summed E-state index contributed by atoms with van der Waals surface area (Å²) < 4.78 is 15.1. The molecule has 0 unspecified atom stereocenters. The van der Waals surface area contributed by atoms with Crippen LogP contribution in [0.2, 0.25) is 5.02 Å². The Balaban J connectivity index is 1.38. The first-order chi connectivity index (χ1) is 12.5. The molecule has 1 aromatic carbocycles. The standard InChI is InChI=1S/C17H19ClFN5O2/c18-14-7-10(1-2-15(14)19)21-17(26)23-3-4-24-12(9-23)8-16(22-24)20-11-5-13(25)6-11/h1-2,7-8,11,13,25H,3-6,9H2,(H,20,22)(H,21,26)/t11-,13-. The second-order valence-corrected chi connectivity index (χ2v) is 7.10. The maximum atomic E-state index is 13.2. The summed E-state index contributed by atoms with van der Waals surface area (Å²) in [5, 5.41) is 19.9. The van der Waals surface area contributed by atoms with Crippen molar-refractivity contribution in [1.82, 2.24) is 14.7 Å². The van der Waals surface area contributed by atoms with Crippen molar-refractivity contribution in [3.63, 3.8) is 0 Å². The van der Waals surface area contributed by atoms with E-state index in [0.717, 1.165) is 24.4 Å². The van der Waals surface area contributed by atoms with E-state index in [9.17, 15) is 14.3 Å². The molecule has 2 aromatic rings. The number of nitrogens with one attached hydrogen (secondary N) is 2. The van der Waals surface area contributed by atoms with Crippen molar-refractivity contribution in [1.29, 1.82) is 0 Å². The van der Waals surface area contributed by atoms with Gasteiger partial charge in [0.1, 0.15) is 11.6 Å². The van der Waals surface area contributed by atoms with E-state index in [4.69, 9.17) is 11.6 Å². The summed E-state index contributed by atoms with van der Waals surface area (Å²) in [6, 6.07) is 6.00. The molecule has 1 saturated carbocycles. The maximum absolute atomic E-state index is 13.2. The molecule has 7 nitrogen and oxygen atoms in total. The number of halogens is 2. The van der Waals surface area contributed by atoms with E-state index in [1.807, 2.05) is 10.7 Å². The fourth-order valence-corrected chi connectivity index (χ4v) is 3.38. The zero-order valence-electron chi connectivity index (χ0n) is 14.0. The summed E-state index contributed by atoms with van der Waals surface area (Å²) in [6.45, 7) is 1.56. The molecule has 1 aliphatic carbocycles. The topological polar surface area (TPSA) is 82.4 Å².